The Bertz CT molecular complexity index is 3100. The third kappa shape index (κ3) is 5.55. The molecule has 3 heteroatoms. The molecule has 2 aliphatic carbocycles. The minimum Gasteiger partial charge on any atom is -0.208 e. The largest absolute Gasteiger partial charge is 0.208 e. The summed E-state index contributed by atoms with van der Waals surface area (Å²) in [4.78, 5) is 15.4. The predicted molar refractivity (Wildman–Crippen MR) is 249 cm³/mol. The van der Waals surface area contributed by atoms with Gasteiger partial charge in [0.25, 0.3) is 0 Å². The Kier molecular flexibility index (Phi) is 8.07. The molecule has 2 aliphatic rings. The van der Waals surface area contributed by atoms with Crippen molar-refractivity contribution in [1.29, 1.82) is 0 Å². The summed E-state index contributed by atoms with van der Waals surface area (Å²) in [6.07, 6.45) is 0. The van der Waals surface area contributed by atoms with Crippen molar-refractivity contribution < 1.29 is 0 Å². The first-order valence-electron chi connectivity index (χ1n) is 20.9. The molecular weight excluding hydrogens is 739 g/mol. The highest BCUT2D eigenvalue weighted by Gasteiger charge is 2.52. The zero-order valence-corrected chi connectivity index (χ0v) is 33.2. The van der Waals surface area contributed by atoms with E-state index in [4.69, 9.17) is 15.0 Å². The van der Waals surface area contributed by atoms with Gasteiger partial charge in [-0.05, 0) is 77.9 Å². The summed E-state index contributed by atoms with van der Waals surface area (Å²) in [5, 5.41) is 0. The lowest BCUT2D eigenvalue weighted by Crippen LogP contribution is -2.26. The normalized spacial score (nSPS) is 12.7. The molecule has 0 atom stereocenters. The van der Waals surface area contributed by atoms with E-state index in [1.54, 1.807) is 0 Å². The summed E-state index contributed by atoms with van der Waals surface area (Å²) in [7, 11) is 0. The van der Waals surface area contributed by atoms with Crippen LogP contribution in [0.1, 0.15) is 22.3 Å². The monoisotopic (exact) mass is 775 g/mol. The number of hydrogen-bond acceptors (Lipinski definition) is 3. The summed E-state index contributed by atoms with van der Waals surface area (Å²) in [5.74, 6) is 1.90. The quantitative estimate of drug-likeness (QED) is 0.169. The topological polar surface area (TPSA) is 38.7 Å². The van der Waals surface area contributed by atoms with E-state index in [1.807, 2.05) is 12.1 Å². The maximum atomic E-state index is 5.14. The maximum Gasteiger partial charge on any atom is 0.164 e. The molecule has 0 saturated heterocycles. The van der Waals surface area contributed by atoms with Gasteiger partial charge in [-0.15, -0.1) is 0 Å². The van der Waals surface area contributed by atoms with E-state index in [0.717, 1.165) is 33.4 Å². The summed E-state index contributed by atoms with van der Waals surface area (Å²) in [6.45, 7) is 0. The van der Waals surface area contributed by atoms with Crippen molar-refractivity contribution in [2.45, 2.75) is 5.41 Å². The Morgan fingerprint density at radius 2 is 0.508 bits per heavy atom. The molecule has 0 radical (unpaired) electrons. The van der Waals surface area contributed by atoms with Crippen LogP contribution in [0.15, 0.2) is 224 Å². The Balaban J connectivity index is 0.981. The molecular formula is C58H37N3. The number of aromatic nitrogens is 3. The summed E-state index contributed by atoms with van der Waals surface area (Å²) >= 11 is 0. The molecule has 12 rings (SSSR count). The highest BCUT2D eigenvalue weighted by atomic mass is 15.0. The average Bonchev–Trinajstić information content (AvgIpc) is 3.82. The molecule has 0 fully saturated rings. The molecule has 3 nitrogen and oxygen atoms in total. The van der Waals surface area contributed by atoms with E-state index in [0.29, 0.717) is 17.5 Å². The van der Waals surface area contributed by atoms with Crippen molar-refractivity contribution in [3.8, 4) is 89.8 Å². The second-order valence-electron chi connectivity index (χ2n) is 15.9. The summed E-state index contributed by atoms with van der Waals surface area (Å²) < 4.78 is 0. The standard InChI is InChI=1S/C58H37N3/c1-3-14-38(15-4-1)40-26-32-43(33-27-40)55-59-56(44-34-28-41(29-35-44)39-16-5-2-6-17-39)61-57(60-55)45-36-30-42(31-37-45)46-21-13-22-50-49-20-9-12-25-53(49)58(54(46)50)51-23-10-7-18-47(51)48-19-8-11-24-52(48)58/h1-37H. The van der Waals surface area contributed by atoms with Crippen LogP contribution in [0.5, 0.6) is 0 Å². The first-order valence-corrected chi connectivity index (χ1v) is 20.9. The lowest BCUT2D eigenvalue weighted by atomic mass is 9.68. The van der Waals surface area contributed by atoms with Gasteiger partial charge < -0.3 is 0 Å². The fourth-order valence-corrected chi connectivity index (χ4v) is 9.84. The van der Waals surface area contributed by atoms with E-state index in [-0.39, 0.29) is 0 Å². The second-order valence-corrected chi connectivity index (χ2v) is 15.9. The number of benzene rings is 9. The fraction of sp³-hybridized carbons (Fsp3) is 0.0172. The molecule has 9 aromatic carbocycles. The van der Waals surface area contributed by atoms with Gasteiger partial charge >= 0.3 is 0 Å². The van der Waals surface area contributed by atoms with Gasteiger partial charge in [0.1, 0.15) is 0 Å². The van der Waals surface area contributed by atoms with Crippen molar-refractivity contribution in [3.05, 3.63) is 247 Å². The van der Waals surface area contributed by atoms with Crippen LogP contribution >= 0.6 is 0 Å². The molecule has 0 N–H and O–H groups in total. The summed E-state index contributed by atoms with van der Waals surface area (Å²) in [5.41, 5.74) is 19.9. The Morgan fingerprint density at radius 3 is 0.934 bits per heavy atom. The molecule has 0 bridgehead atoms. The smallest absolute Gasteiger partial charge is 0.164 e. The van der Waals surface area contributed by atoms with Gasteiger partial charge in [0.15, 0.2) is 17.5 Å². The molecule has 1 heterocycles. The number of hydrogen-bond donors (Lipinski definition) is 0. The van der Waals surface area contributed by atoms with E-state index < -0.39 is 5.41 Å². The maximum absolute atomic E-state index is 5.14. The molecule has 10 aromatic rings. The minimum absolute atomic E-state index is 0.432. The number of rotatable bonds is 6. The van der Waals surface area contributed by atoms with Crippen LogP contribution in [-0.2, 0) is 5.41 Å². The van der Waals surface area contributed by atoms with Gasteiger partial charge in [0.2, 0.25) is 0 Å². The van der Waals surface area contributed by atoms with E-state index in [1.165, 1.54) is 61.2 Å². The number of nitrogens with zero attached hydrogens (tertiary/aromatic N) is 3. The Morgan fingerprint density at radius 1 is 0.213 bits per heavy atom. The first-order chi connectivity index (χ1) is 30.2. The van der Waals surface area contributed by atoms with Gasteiger partial charge in [-0.25, -0.2) is 15.0 Å². The molecule has 0 amide bonds. The van der Waals surface area contributed by atoms with Crippen LogP contribution in [0.25, 0.3) is 89.8 Å². The zero-order chi connectivity index (χ0) is 40.3. The lowest BCUT2D eigenvalue weighted by molar-refractivity contribution is 0.796. The van der Waals surface area contributed by atoms with Crippen molar-refractivity contribution in [3.63, 3.8) is 0 Å². The molecule has 1 spiro atoms. The average molecular weight is 776 g/mol. The first kappa shape index (κ1) is 35.0. The molecule has 0 aliphatic heterocycles. The van der Waals surface area contributed by atoms with Crippen LogP contribution < -0.4 is 0 Å². The Hall–Kier alpha value is -8.01. The van der Waals surface area contributed by atoms with Crippen molar-refractivity contribution in [1.82, 2.24) is 15.0 Å². The minimum atomic E-state index is -0.432. The highest BCUT2D eigenvalue weighted by Crippen LogP contribution is 2.64. The van der Waals surface area contributed by atoms with Crippen molar-refractivity contribution in [2.75, 3.05) is 0 Å². The molecule has 0 unspecified atom stereocenters. The van der Waals surface area contributed by atoms with Gasteiger partial charge in [0, 0.05) is 16.7 Å². The predicted octanol–water partition coefficient (Wildman–Crippen LogP) is 14.2. The van der Waals surface area contributed by atoms with Crippen LogP contribution in [0.2, 0.25) is 0 Å². The number of fused-ring (bicyclic) bond motifs is 10. The van der Waals surface area contributed by atoms with Crippen molar-refractivity contribution >= 4 is 0 Å². The van der Waals surface area contributed by atoms with Crippen LogP contribution in [-0.4, -0.2) is 15.0 Å². The third-order valence-electron chi connectivity index (χ3n) is 12.6. The summed E-state index contributed by atoms with van der Waals surface area (Å²) in [6, 6.07) is 80.4. The molecule has 1 aromatic heterocycles. The van der Waals surface area contributed by atoms with Gasteiger partial charge in [-0.2, -0.15) is 0 Å². The van der Waals surface area contributed by atoms with E-state index in [9.17, 15) is 0 Å². The second kappa shape index (κ2) is 14.1. The van der Waals surface area contributed by atoms with Crippen molar-refractivity contribution in [2.24, 2.45) is 0 Å². The van der Waals surface area contributed by atoms with Crippen LogP contribution in [0.3, 0.4) is 0 Å². The van der Waals surface area contributed by atoms with Crippen LogP contribution in [0, 0.1) is 0 Å². The third-order valence-corrected chi connectivity index (χ3v) is 12.6. The van der Waals surface area contributed by atoms with E-state index >= 15 is 0 Å². The van der Waals surface area contributed by atoms with Gasteiger partial charge in [-0.3, -0.25) is 0 Å². The fourth-order valence-electron chi connectivity index (χ4n) is 9.84. The van der Waals surface area contributed by atoms with Crippen LogP contribution in [0.4, 0.5) is 0 Å². The lowest BCUT2D eigenvalue weighted by Gasteiger charge is -2.32. The van der Waals surface area contributed by atoms with E-state index in [2.05, 4.69) is 212 Å². The SMILES string of the molecule is c1ccc(-c2ccc(-c3nc(-c4ccc(-c5ccccc5)cc4)nc(-c4ccc(-c5cccc6c5C5(c7ccccc7-c7ccccc75)c5ccccc5-6)cc4)n3)cc2)cc1. The Labute approximate surface area is 355 Å². The highest BCUT2D eigenvalue weighted by molar-refractivity contribution is 5.98. The van der Waals surface area contributed by atoms with Gasteiger partial charge in [-0.1, -0.05) is 224 Å². The molecule has 61 heavy (non-hydrogen) atoms. The molecule has 284 valence electrons. The van der Waals surface area contributed by atoms with Gasteiger partial charge in [0.05, 0.1) is 5.41 Å². The zero-order valence-electron chi connectivity index (χ0n) is 33.2. The molecule has 0 saturated carbocycles.